The van der Waals surface area contributed by atoms with Gasteiger partial charge in [0.05, 0.1) is 12.1 Å². The molecule has 0 heterocycles. The molecule has 94 valence electrons. The molecule has 0 spiro atoms. The van der Waals surface area contributed by atoms with Gasteiger partial charge in [-0.05, 0) is 31.6 Å². The predicted octanol–water partition coefficient (Wildman–Crippen LogP) is 0.779. The molecule has 0 radical (unpaired) electrons. The number of rotatable bonds is 4. The van der Waals surface area contributed by atoms with Crippen LogP contribution in [0.5, 0.6) is 0 Å². The molecular weight excluding hydrogens is 204 g/mol. The van der Waals surface area contributed by atoms with Crippen LogP contribution < -0.4 is 11.1 Å². The van der Waals surface area contributed by atoms with Crippen molar-refractivity contribution >= 4 is 5.91 Å². The van der Waals surface area contributed by atoms with Crippen molar-refractivity contribution in [1.29, 1.82) is 0 Å². The van der Waals surface area contributed by atoms with Crippen LogP contribution in [0, 0.1) is 5.92 Å². The minimum Gasteiger partial charge on any atom is -0.393 e. The van der Waals surface area contributed by atoms with Gasteiger partial charge in [-0.15, -0.1) is 0 Å². The monoisotopic (exact) mass is 228 g/mol. The van der Waals surface area contributed by atoms with Gasteiger partial charge in [-0.2, -0.15) is 0 Å². The number of hydrogen-bond donors (Lipinski definition) is 3. The fourth-order valence-corrected chi connectivity index (χ4v) is 2.10. The SMILES string of the molecule is CCC(C)[C@H](N)C(=O)NC1CCCC(O)C1. The zero-order chi connectivity index (χ0) is 12.1. The summed E-state index contributed by atoms with van der Waals surface area (Å²) in [6, 6.07) is -0.324. The first-order valence-electron chi connectivity index (χ1n) is 6.28. The first kappa shape index (κ1) is 13.5. The van der Waals surface area contributed by atoms with E-state index in [2.05, 4.69) is 5.32 Å². The third-order valence-electron chi connectivity index (χ3n) is 3.55. The Balaban J connectivity index is 2.38. The lowest BCUT2D eigenvalue weighted by atomic mass is 9.92. The van der Waals surface area contributed by atoms with Crippen LogP contribution in [0.4, 0.5) is 0 Å². The Hall–Kier alpha value is -0.610. The summed E-state index contributed by atoms with van der Waals surface area (Å²) in [4.78, 5) is 11.8. The van der Waals surface area contributed by atoms with Crippen LogP contribution >= 0.6 is 0 Å². The maximum absolute atomic E-state index is 11.8. The number of carbonyl (C=O) groups excluding carboxylic acids is 1. The average Bonchev–Trinajstić information content (AvgIpc) is 2.27. The summed E-state index contributed by atoms with van der Waals surface area (Å²) < 4.78 is 0. The van der Waals surface area contributed by atoms with Crippen molar-refractivity contribution in [3.8, 4) is 0 Å². The summed E-state index contributed by atoms with van der Waals surface area (Å²) >= 11 is 0. The molecule has 0 saturated heterocycles. The van der Waals surface area contributed by atoms with Crippen LogP contribution in [0.2, 0.25) is 0 Å². The van der Waals surface area contributed by atoms with Crippen LogP contribution in [0.3, 0.4) is 0 Å². The summed E-state index contributed by atoms with van der Waals surface area (Å²) in [5.41, 5.74) is 5.85. The Morgan fingerprint density at radius 1 is 1.56 bits per heavy atom. The highest BCUT2D eigenvalue weighted by atomic mass is 16.3. The standard InChI is InChI=1S/C12H24N2O2/c1-3-8(2)11(13)12(16)14-9-5-4-6-10(15)7-9/h8-11,15H,3-7,13H2,1-2H3,(H,14,16)/t8?,9?,10?,11-/m0/s1. The van der Waals surface area contributed by atoms with E-state index in [4.69, 9.17) is 5.73 Å². The fourth-order valence-electron chi connectivity index (χ4n) is 2.10. The van der Waals surface area contributed by atoms with E-state index in [-0.39, 0.29) is 24.0 Å². The zero-order valence-corrected chi connectivity index (χ0v) is 10.3. The molecule has 4 nitrogen and oxygen atoms in total. The second-order valence-corrected chi connectivity index (χ2v) is 4.94. The minimum absolute atomic E-state index is 0.0755. The molecule has 3 unspecified atom stereocenters. The van der Waals surface area contributed by atoms with Gasteiger partial charge in [-0.1, -0.05) is 20.3 Å². The number of aliphatic hydroxyl groups excluding tert-OH is 1. The lowest BCUT2D eigenvalue weighted by Crippen LogP contribution is -2.49. The molecule has 0 aromatic carbocycles. The summed E-state index contributed by atoms with van der Waals surface area (Å²) in [6.07, 6.45) is 4.09. The number of nitrogens with one attached hydrogen (secondary N) is 1. The Morgan fingerprint density at radius 2 is 2.25 bits per heavy atom. The van der Waals surface area contributed by atoms with Crippen LogP contribution in [0.1, 0.15) is 46.0 Å². The van der Waals surface area contributed by atoms with Crippen LogP contribution in [-0.2, 0) is 4.79 Å². The van der Waals surface area contributed by atoms with Crippen LogP contribution in [0.25, 0.3) is 0 Å². The van der Waals surface area contributed by atoms with Crippen LogP contribution in [0.15, 0.2) is 0 Å². The van der Waals surface area contributed by atoms with Gasteiger partial charge in [0.15, 0.2) is 0 Å². The van der Waals surface area contributed by atoms with Gasteiger partial charge in [0.2, 0.25) is 5.91 Å². The van der Waals surface area contributed by atoms with Crippen molar-refractivity contribution in [3.05, 3.63) is 0 Å². The van der Waals surface area contributed by atoms with Crippen molar-refractivity contribution in [2.45, 2.75) is 64.1 Å². The summed E-state index contributed by atoms with van der Waals surface area (Å²) in [5, 5.41) is 12.4. The van der Waals surface area contributed by atoms with Gasteiger partial charge in [0.25, 0.3) is 0 Å². The molecule has 4 heteroatoms. The Bertz CT molecular complexity index is 233. The van der Waals surface area contributed by atoms with Crippen molar-refractivity contribution in [3.63, 3.8) is 0 Å². The molecule has 1 amide bonds. The van der Waals surface area contributed by atoms with E-state index in [0.717, 1.165) is 25.7 Å². The molecule has 1 saturated carbocycles. The molecule has 0 aromatic heterocycles. The van der Waals surface area contributed by atoms with E-state index in [1.165, 1.54) is 0 Å². The van der Waals surface area contributed by atoms with E-state index in [1.807, 2.05) is 13.8 Å². The lowest BCUT2D eigenvalue weighted by Gasteiger charge is -2.28. The number of hydrogen-bond acceptors (Lipinski definition) is 3. The largest absolute Gasteiger partial charge is 0.393 e. The van der Waals surface area contributed by atoms with Crippen molar-refractivity contribution < 1.29 is 9.90 Å². The molecule has 0 bridgehead atoms. The first-order chi connectivity index (χ1) is 7.54. The molecule has 0 aromatic rings. The van der Waals surface area contributed by atoms with Gasteiger partial charge in [0.1, 0.15) is 0 Å². The van der Waals surface area contributed by atoms with E-state index < -0.39 is 6.04 Å². The van der Waals surface area contributed by atoms with E-state index in [0.29, 0.717) is 6.42 Å². The Morgan fingerprint density at radius 3 is 2.81 bits per heavy atom. The zero-order valence-electron chi connectivity index (χ0n) is 10.3. The van der Waals surface area contributed by atoms with Crippen molar-refractivity contribution in [2.75, 3.05) is 0 Å². The highest BCUT2D eigenvalue weighted by molar-refractivity contribution is 5.82. The van der Waals surface area contributed by atoms with Gasteiger partial charge >= 0.3 is 0 Å². The number of aliphatic hydroxyl groups is 1. The summed E-state index contributed by atoms with van der Waals surface area (Å²) in [6.45, 7) is 4.02. The minimum atomic E-state index is -0.427. The topological polar surface area (TPSA) is 75.4 Å². The maximum atomic E-state index is 11.8. The van der Waals surface area contributed by atoms with Gasteiger partial charge < -0.3 is 16.2 Å². The second-order valence-electron chi connectivity index (χ2n) is 4.94. The van der Waals surface area contributed by atoms with E-state index >= 15 is 0 Å². The van der Waals surface area contributed by atoms with Gasteiger partial charge in [0, 0.05) is 6.04 Å². The molecule has 4 N–H and O–H groups in total. The highest BCUT2D eigenvalue weighted by Gasteiger charge is 2.25. The molecule has 1 aliphatic rings. The quantitative estimate of drug-likeness (QED) is 0.665. The summed E-state index contributed by atoms with van der Waals surface area (Å²) in [5.74, 6) is 0.127. The smallest absolute Gasteiger partial charge is 0.237 e. The third-order valence-corrected chi connectivity index (χ3v) is 3.55. The highest BCUT2D eigenvalue weighted by Crippen LogP contribution is 2.18. The lowest BCUT2D eigenvalue weighted by molar-refractivity contribution is -0.124. The van der Waals surface area contributed by atoms with Crippen LogP contribution in [-0.4, -0.2) is 29.2 Å². The van der Waals surface area contributed by atoms with E-state index in [9.17, 15) is 9.90 Å². The number of amides is 1. The normalized spacial score (nSPS) is 29.5. The van der Waals surface area contributed by atoms with Gasteiger partial charge in [-0.25, -0.2) is 0 Å². The Kier molecular flexibility index (Phi) is 5.22. The number of carbonyl (C=O) groups is 1. The molecule has 4 atom stereocenters. The third kappa shape index (κ3) is 3.76. The fraction of sp³-hybridized carbons (Fsp3) is 0.917. The molecule has 1 aliphatic carbocycles. The molecular formula is C12H24N2O2. The summed E-state index contributed by atoms with van der Waals surface area (Å²) in [7, 11) is 0. The maximum Gasteiger partial charge on any atom is 0.237 e. The van der Waals surface area contributed by atoms with Gasteiger partial charge in [-0.3, -0.25) is 4.79 Å². The first-order valence-corrected chi connectivity index (χ1v) is 6.28. The Labute approximate surface area is 97.6 Å². The van der Waals surface area contributed by atoms with E-state index in [1.54, 1.807) is 0 Å². The molecule has 16 heavy (non-hydrogen) atoms. The van der Waals surface area contributed by atoms with Crippen molar-refractivity contribution in [2.24, 2.45) is 11.7 Å². The molecule has 1 fully saturated rings. The number of nitrogens with two attached hydrogens (primary N) is 1. The van der Waals surface area contributed by atoms with Crippen molar-refractivity contribution in [1.82, 2.24) is 5.32 Å². The molecule has 0 aliphatic heterocycles. The second kappa shape index (κ2) is 6.21. The average molecular weight is 228 g/mol. The molecule has 1 rings (SSSR count). The predicted molar refractivity (Wildman–Crippen MR) is 63.8 cm³/mol.